The average Bonchev–Trinajstić information content (AvgIpc) is 3.83. The molecule has 2 N–H and O–H groups in total. The number of aliphatic imine (C=N–C) groups is 1. The van der Waals surface area contributed by atoms with E-state index in [0.29, 0.717) is 18.2 Å². The summed E-state index contributed by atoms with van der Waals surface area (Å²) >= 11 is 1.68. The molecule has 1 saturated carbocycles. The first-order chi connectivity index (χ1) is 20.0. The van der Waals surface area contributed by atoms with Crippen LogP contribution in [0.4, 0.5) is 4.79 Å². The van der Waals surface area contributed by atoms with Gasteiger partial charge in [0.2, 0.25) is 0 Å². The van der Waals surface area contributed by atoms with Gasteiger partial charge in [0, 0.05) is 17.5 Å². The van der Waals surface area contributed by atoms with Gasteiger partial charge < -0.3 is 4.74 Å². The number of urea groups is 1. The molecule has 1 aliphatic rings. The molecule has 1 atom stereocenters. The fourth-order valence-electron chi connectivity index (χ4n) is 4.03. The summed E-state index contributed by atoms with van der Waals surface area (Å²) in [4.78, 5) is 43.2. The molecule has 41 heavy (non-hydrogen) atoms. The topological polar surface area (TPSA) is 100 Å². The number of hydrazine groups is 1. The monoisotopic (exact) mass is 572 g/mol. The van der Waals surface area contributed by atoms with Gasteiger partial charge in [0.25, 0.3) is 5.91 Å². The predicted octanol–water partition coefficient (Wildman–Crippen LogP) is 5.67. The normalized spacial score (nSPS) is 13.7. The van der Waals surface area contributed by atoms with Gasteiger partial charge in [-0.2, -0.15) is 4.99 Å². The van der Waals surface area contributed by atoms with Crippen LogP contribution in [0.2, 0.25) is 0 Å². The summed E-state index contributed by atoms with van der Waals surface area (Å²) in [5.74, 6) is -0.130. The van der Waals surface area contributed by atoms with Gasteiger partial charge in [0.1, 0.15) is 12.3 Å². The summed E-state index contributed by atoms with van der Waals surface area (Å²) in [6.45, 7) is 2.33. The first-order valence-corrected chi connectivity index (χ1v) is 14.8. The first-order valence-electron chi connectivity index (χ1n) is 13.8. The number of carbonyl (C=O) groups excluding carboxylic acids is 3. The second kappa shape index (κ2) is 15.7. The van der Waals surface area contributed by atoms with Crippen molar-refractivity contribution in [2.24, 2.45) is 10.9 Å². The Balaban J connectivity index is 1.37. The van der Waals surface area contributed by atoms with Crippen molar-refractivity contribution in [1.82, 2.24) is 15.8 Å². The molecule has 0 spiro atoms. The Bertz CT molecular complexity index is 1300. The molecule has 0 saturated heterocycles. The second-order valence-electron chi connectivity index (χ2n) is 9.95. The van der Waals surface area contributed by atoms with E-state index in [1.165, 1.54) is 5.56 Å². The largest absolute Gasteiger partial charge is 0.456 e. The molecular formula is C32H36N4O4S. The maximum atomic E-state index is 13.3. The molecule has 0 bridgehead atoms. The molecule has 214 valence electrons. The van der Waals surface area contributed by atoms with Gasteiger partial charge in [-0.3, -0.25) is 15.5 Å². The summed E-state index contributed by atoms with van der Waals surface area (Å²) in [6, 6.07) is 28.1. The minimum Gasteiger partial charge on any atom is -0.456 e. The zero-order chi connectivity index (χ0) is 28.9. The number of benzene rings is 3. The number of rotatable bonds is 13. The number of nitrogens with zero attached hydrogens (tertiary/aromatic N) is 2. The van der Waals surface area contributed by atoms with Crippen LogP contribution in [0.3, 0.4) is 0 Å². The van der Waals surface area contributed by atoms with Gasteiger partial charge in [0.05, 0.1) is 13.1 Å². The number of ether oxygens (including phenoxy) is 1. The van der Waals surface area contributed by atoms with Crippen LogP contribution in [0.1, 0.15) is 48.1 Å². The van der Waals surface area contributed by atoms with Crippen molar-refractivity contribution in [2.75, 3.05) is 12.4 Å². The minimum absolute atomic E-state index is 0.0187. The van der Waals surface area contributed by atoms with Crippen LogP contribution >= 0.6 is 11.8 Å². The van der Waals surface area contributed by atoms with E-state index >= 15 is 0 Å². The van der Waals surface area contributed by atoms with E-state index in [0.717, 1.165) is 29.0 Å². The van der Waals surface area contributed by atoms with E-state index in [1.54, 1.807) is 11.8 Å². The summed E-state index contributed by atoms with van der Waals surface area (Å²) < 4.78 is 5.48. The van der Waals surface area contributed by atoms with Gasteiger partial charge in [-0.15, -0.1) is 11.8 Å². The molecule has 0 radical (unpaired) electrons. The van der Waals surface area contributed by atoms with Gasteiger partial charge in [-0.05, 0) is 42.4 Å². The third-order valence-corrected chi connectivity index (χ3v) is 7.66. The lowest BCUT2D eigenvalue weighted by atomic mass is 10.2. The maximum absolute atomic E-state index is 13.3. The van der Waals surface area contributed by atoms with E-state index in [4.69, 9.17) is 4.74 Å². The lowest BCUT2D eigenvalue weighted by Crippen LogP contribution is -2.47. The van der Waals surface area contributed by atoms with Crippen molar-refractivity contribution < 1.29 is 19.1 Å². The third kappa shape index (κ3) is 10.5. The van der Waals surface area contributed by atoms with Crippen LogP contribution in [0.25, 0.3) is 0 Å². The molecule has 3 aromatic rings. The van der Waals surface area contributed by atoms with Gasteiger partial charge in [-0.25, -0.2) is 14.6 Å². The number of hydrogen-bond acceptors (Lipinski definition) is 6. The van der Waals surface area contributed by atoms with Crippen molar-refractivity contribution in [3.05, 3.63) is 108 Å². The maximum Gasteiger partial charge on any atom is 0.363 e. The molecule has 0 unspecified atom stereocenters. The molecule has 8 nitrogen and oxygen atoms in total. The number of hydrogen-bond donors (Lipinski definition) is 2. The summed E-state index contributed by atoms with van der Waals surface area (Å²) in [6.07, 6.45) is 2.33. The fraction of sp³-hybridized carbons (Fsp3) is 0.312. The van der Waals surface area contributed by atoms with Crippen LogP contribution in [-0.2, 0) is 27.5 Å². The van der Waals surface area contributed by atoms with Crippen LogP contribution in [0.5, 0.6) is 0 Å². The van der Waals surface area contributed by atoms with E-state index < -0.39 is 12.0 Å². The van der Waals surface area contributed by atoms with Crippen molar-refractivity contribution in [3.8, 4) is 0 Å². The highest BCUT2D eigenvalue weighted by Gasteiger charge is 2.29. The van der Waals surface area contributed by atoms with E-state index in [2.05, 4.69) is 34.8 Å². The average molecular weight is 573 g/mol. The smallest absolute Gasteiger partial charge is 0.363 e. The molecule has 0 heterocycles. The van der Waals surface area contributed by atoms with Crippen molar-refractivity contribution >= 4 is 35.4 Å². The minimum atomic E-state index is -0.721. The molecule has 0 aliphatic heterocycles. The van der Waals surface area contributed by atoms with E-state index in [-0.39, 0.29) is 36.6 Å². The number of carbonyl (C=O) groups is 3. The zero-order valence-electron chi connectivity index (χ0n) is 23.2. The Hall–Kier alpha value is -3.95. The highest BCUT2D eigenvalue weighted by molar-refractivity contribution is 7.99. The van der Waals surface area contributed by atoms with Crippen LogP contribution < -0.4 is 10.7 Å². The third-order valence-electron chi connectivity index (χ3n) is 6.52. The Morgan fingerprint density at radius 2 is 1.54 bits per heavy atom. The molecule has 1 fully saturated rings. The molecule has 0 aromatic heterocycles. The highest BCUT2D eigenvalue weighted by atomic mass is 32.2. The first kappa shape index (κ1) is 30.0. The lowest BCUT2D eigenvalue weighted by Gasteiger charge is -2.22. The Morgan fingerprint density at radius 3 is 2.17 bits per heavy atom. The summed E-state index contributed by atoms with van der Waals surface area (Å²) in [5.41, 5.74) is 5.62. The molecule has 4 rings (SSSR count). The van der Waals surface area contributed by atoms with Crippen LogP contribution in [0, 0.1) is 5.92 Å². The molecule has 3 amide bonds. The highest BCUT2D eigenvalue weighted by Crippen LogP contribution is 2.33. The van der Waals surface area contributed by atoms with Crippen molar-refractivity contribution in [3.63, 3.8) is 0 Å². The fourth-order valence-corrected chi connectivity index (χ4v) is 4.85. The molecule has 1 aliphatic carbocycles. The van der Waals surface area contributed by atoms with Crippen molar-refractivity contribution in [1.29, 1.82) is 0 Å². The number of esters is 1. The molecule has 9 heteroatoms. The Labute approximate surface area is 245 Å². The SMILES string of the molecule is C[C@@H](SCNCC(=O)NN(Cc1ccccc1)C(=O)/N=C(\CC1CC1)C(=O)OCc1ccccc1)c1ccccc1. The van der Waals surface area contributed by atoms with E-state index in [1.807, 2.05) is 78.9 Å². The quantitative estimate of drug-likeness (QED) is 0.0901. The number of amides is 3. The van der Waals surface area contributed by atoms with Gasteiger partial charge in [-0.1, -0.05) is 91.0 Å². The standard InChI is InChI=1S/C32H36N4O4S/c1-24(28-15-9-4-10-16-28)41-23-33-20-30(37)35-36(21-26-11-5-2-6-12-26)32(39)34-29(19-25-17-18-25)31(38)40-22-27-13-7-3-8-14-27/h2-16,24-25,33H,17-23H2,1H3,(H,35,37)/b34-29+/t24-/m1/s1. The summed E-state index contributed by atoms with van der Waals surface area (Å²) in [5, 5.41) is 4.54. The molecule has 3 aromatic carbocycles. The van der Waals surface area contributed by atoms with Crippen molar-refractivity contribution in [2.45, 2.75) is 44.6 Å². The van der Waals surface area contributed by atoms with Crippen LogP contribution in [-0.4, -0.2) is 41.0 Å². The lowest BCUT2D eigenvalue weighted by molar-refractivity contribution is -0.137. The van der Waals surface area contributed by atoms with Gasteiger partial charge >= 0.3 is 12.0 Å². The zero-order valence-corrected chi connectivity index (χ0v) is 24.0. The second-order valence-corrected chi connectivity index (χ2v) is 11.3. The Kier molecular flexibility index (Phi) is 11.5. The number of thioether (sulfide) groups is 1. The summed E-state index contributed by atoms with van der Waals surface area (Å²) in [7, 11) is 0. The number of nitrogens with one attached hydrogen (secondary N) is 2. The molecular weight excluding hydrogens is 536 g/mol. The van der Waals surface area contributed by atoms with E-state index in [9.17, 15) is 14.4 Å². The predicted molar refractivity (Wildman–Crippen MR) is 162 cm³/mol. The van der Waals surface area contributed by atoms with Crippen LogP contribution in [0.15, 0.2) is 96.0 Å². The van der Waals surface area contributed by atoms with Gasteiger partial charge in [0.15, 0.2) is 0 Å². The Morgan fingerprint density at radius 1 is 0.927 bits per heavy atom.